The Bertz CT molecular complexity index is 286. The second-order valence-corrected chi connectivity index (χ2v) is 2.15. The Kier molecular flexibility index (Phi) is 2.53. The smallest absolute Gasteiger partial charge is 0.211 e. The summed E-state index contributed by atoms with van der Waals surface area (Å²) in [5.41, 5.74) is 0.366. The van der Waals surface area contributed by atoms with Crippen molar-refractivity contribution in [2.45, 2.75) is 0 Å². The number of hydrogen-bond donors (Lipinski definition) is 2. The van der Waals surface area contributed by atoms with E-state index in [1.807, 2.05) is 0 Å². The first-order valence-corrected chi connectivity index (χ1v) is 3.35. The van der Waals surface area contributed by atoms with Gasteiger partial charge in [-0.25, -0.2) is 0 Å². The van der Waals surface area contributed by atoms with Crippen molar-refractivity contribution in [1.82, 2.24) is 0 Å². The van der Waals surface area contributed by atoms with Gasteiger partial charge in [-0.15, -0.1) is 0 Å². The minimum atomic E-state index is -0.0125. The molecule has 4 nitrogen and oxygen atoms in total. The van der Waals surface area contributed by atoms with E-state index in [2.05, 4.69) is 5.32 Å². The Labute approximate surface area is 69.8 Å². The molecule has 64 valence electrons. The van der Waals surface area contributed by atoms with E-state index in [4.69, 9.17) is 4.74 Å². The minimum absolute atomic E-state index is 0.0125. The lowest BCUT2D eigenvalue weighted by Gasteiger charge is -2.04. The number of nitrogens with one attached hydrogen (secondary N) is 1. The molecule has 0 atom stereocenters. The van der Waals surface area contributed by atoms with Crippen molar-refractivity contribution in [2.75, 3.05) is 12.4 Å². The second kappa shape index (κ2) is 3.61. The Morgan fingerprint density at radius 1 is 1.58 bits per heavy atom. The summed E-state index contributed by atoms with van der Waals surface area (Å²) in [6, 6.07) is 4.62. The first-order valence-electron chi connectivity index (χ1n) is 3.35. The molecule has 0 aliphatic carbocycles. The number of phenolic OH excluding ortho intramolecular Hbond substituents is 1. The minimum Gasteiger partial charge on any atom is -0.506 e. The van der Waals surface area contributed by atoms with E-state index >= 15 is 0 Å². The third-order valence-electron chi connectivity index (χ3n) is 1.42. The lowest BCUT2D eigenvalue weighted by molar-refractivity contribution is -0.105. The van der Waals surface area contributed by atoms with Crippen LogP contribution >= 0.6 is 0 Å². The molecule has 1 aromatic rings. The number of ether oxygens (including phenoxy) is 1. The summed E-state index contributed by atoms with van der Waals surface area (Å²) in [5, 5.41) is 11.6. The summed E-state index contributed by atoms with van der Waals surface area (Å²) >= 11 is 0. The zero-order valence-corrected chi connectivity index (χ0v) is 6.57. The van der Waals surface area contributed by atoms with E-state index in [0.29, 0.717) is 17.8 Å². The number of carbonyl (C=O) groups excluding carboxylic acids is 1. The third-order valence-corrected chi connectivity index (χ3v) is 1.42. The van der Waals surface area contributed by atoms with Crippen LogP contribution in [0.5, 0.6) is 11.5 Å². The normalized spacial score (nSPS) is 9.08. The highest BCUT2D eigenvalue weighted by Gasteiger charge is 2.00. The van der Waals surface area contributed by atoms with Crippen LogP contribution in [0.15, 0.2) is 18.2 Å². The quantitative estimate of drug-likeness (QED) is 0.521. The maximum Gasteiger partial charge on any atom is 0.211 e. The van der Waals surface area contributed by atoms with E-state index in [9.17, 15) is 9.90 Å². The third kappa shape index (κ3) is 1.66. The molecule has 0 heterocycles. The molecule has 0 fully saturated rings. The molecule has 0 spiro atoms. The number of phenols is 1. The molecule has 0 saturated heterocycles. The number of rotatable bonds is 3. The summed E-state index contributed by atoms with van der Waals surface area (Å²) in [5.74, 6) is 0.533. The van der Waals surface area contributed by atoms with Crippen LogP contribution in [-0.4, -0.2) is 18.6 Å². The maximum absolute atomic E-state index is 10.0. The van der Waals surface area contributed by atoms with E-state index in [1.165, 1.54) is 13.2 Å². The molecular weight excluding hydrogens is 158 g/mol. The molecule has 1 aromatic carbocycles. The SMILES string of the molecule is COc1ccc(NC=O)c(O)c1. The summed E-state index contributed by atoms with van der Waals surface area (Å²) in [6.45, 7) is 0. The highest BCUT2D eigenvalue weighted by atomic mass is 16.5. The van der Waals surface area contributed by atoms with Gasteiger partial charge in [0.05, 0.1) is 12.8 Å². The van der Waals surface area contributed by atoms with Crippen molar-refractivity contribution in [3.05, 3.63) is 18.2 Å². The van der Waals surface area contributed by atoms with Crippen molar-refractivity contribution >= 4 is 12.1 Å². The number of amides is 1. The molecule has 2 N–H and O–H groups in total. The Morgan fingerprint density at radius 3 is 2.83 bits per heavy atom. The molecule has 0 unspecified atom stereocenters. The zero-order valence-electron chi connectivity index (χ0n) is 6.57. The van der Waals surface area contributed by atoms with Gasteiger partial charge < -0.3 is 15.2 Å². The fourth-order valence-corrected chi connectivity index (χ4v) is 0.824. The predicted octanol–water partition coefficient (Wildman–Crippen LogP) is 0.969. The zero-order chi connectivity index (χ0) is 8.97. The van der Waals surface area contributed by atoms with Gasteiger partial charge in [-0.3, -0.25) is 4.79 Å². The molecule has 1 amide bonds. The summed E-state index contributed by atoms with van der Waals surface area (Å²) in [4.78, 5) is 10.0. The molecule has 0 radical (unpaired) electrons. The fraction of sp³-hybridized carbons (Fsp3) is 0.125. The standard InChI is InChI=1S/C8H9NO3/c1-12-6-2-3-7(9-5-10)8(11)4-6/h2-5,11H,1H3,(H,9,10). The molecule has 0 saturated carbocycles. The topological polar surface area (TPSA) is 58.6 Å². The maximum atomic E-state index is 10.0. The van der Waals surface area contributed by atoms with Gasteiger partial charge in [0.1, 0.15) is 11.5 Å². The first-order chi connectivity index (χ1) is 5.77. The van der Waals surface area contributed by atoms with Crippen molar-refractivity contribution in [3.63, 3.8) is 0 Å². The van der Waals surface area contributed by atoms with Crippen LogP contribution in [0, 0.1) is 0 Å². The predicted molar refractivity (Wildman–Crippen MR) is 44.3 cm³/mol. The average molecular weight is 167 g/mol. The number of aromatic hydroxyl groups is 1. The Morgan fingerprint density at radius 2 is 2.33 bits per heavy atom. The number of carbonyl (C=O) groups is 1. The van der Waals surface area contributed by atoms with Crippen molar-refractivity contribution in [3.8, 4) is 11.5 Å². The largest absolute Gasteiger partial charge is 0.506 e. The van der Waals surface area contributed by atoms with Crippen LogP contribution in [0.2, 0.25) is 0 Å². The lowest BCUT2D eigenvalue weighted by atomic mass is 10.3. The summed E-state index contributed by atoms with van der Waals surface area (Å²) in [7, 11) is 1.50. The lowest BCUT2D eigenvalue weighted by Crippen LogP contribution is -1.94. The van der Waals surface area contributed by atoms with Crippen molar-refractivity contribution in [1.29, 1.82) is 0 Å². The molecule has 0 aliphatic rings. The Balaban J connectivity index is 2.94. The van der Waals surface area contributed by atoms with Crippen molar-refractivity contribution < 1.29 is 14.6 Å². The highest BCUT2D eigenvalue weighted by Crippen LogP contribution is 2.26. The number of anilines is 1. The second-order valence-electron chi connectivity index (χ2n) is 2.15. The molecule has 12 heavy (non-hydrogen) atoms. The van der Waals surface area contributed by atoms with Crippen LogP contribution < -0.4 is 10.1 Å². The molecule has 0 aromatic heterocycles. The number of benzene rings is 1. The van der Waals surface area contributed by atoms with Gasteiger partial charge in [-0.2, -0.15) is 0 Å². The monoisotopic (exact) mass is 167 g/mol. The molecule has 0 aliphatic heterocycles. The van der Waals surface area contributed by atoms with E-state index < -0.39 is 0 Å². The van der Waals surface area contributed by atoms with Gasteiger partial charge in [0, 0.05) is 6.07 Å². The average Bonchev–Trinajstić information content (AvgIpc) is 2.09. The van der Waals surface area contributed by atoms with Crippen LogP contribution in [0.4, 0.5) is 5.69 Å². The van der Waals surface area contributed by atoms with Gasteiger partial charge in [-0.1, -0.05) is 0 Å². The van der Waals surface area contributed by atoms with Gasteiger partial charge in [0.15, 0.2) is 0 Å². The van der Waals surface area contributed by atoms with E-state index in [-0.39, 0.29) is 5.75 Å². The fourth-order valence-electron chi connectivity index (χ4n) is 0.824. The van der Waals surface area contributed by atoms with Crippen LogP contribution in [-0.2, 0) is 4.79 Å². The Hall–Kier alpha value is -1.71. The van der Waals surface area contributed by atoms with Crippen LogP contribution in [0.3, 0.4) is 0 Å². The van der Waals surface area contributed by atoms with E-state index in [0.717, 1.165) is 0 Å². The van der Waals surface area contributed by atoms with E-state index in [1.54, 1.807) is 12.1 Å². The number of hydrogen-bond acceptors (Lipinski definition) is 3. The van der Waals surface area contributed by atoms with Gasteiger partial charge in [0.2, 0.25) is 6.41 Å². The van der Waals surface area contributed by atoms with Crippen LogP contribution in [0.1, 0.15) is 0 Å². The molecule has 4 heteroatoms. The summed E-state index contributed by atoms with van der Waals surface area (Å²) in [6.07, 6.45) is 0.502. The van der Waals surface area contributed by atoms with Crippen LogP contribution in [0.25, 0.3) is 0 Å². The molecular formula is C8H9NO3. The summed E-state index contributed by atoms with van der Waals surface area (Å²) < 4.78 is 4.85. The van der Waals surface area contributed by atoms with Gasteiger partial charge >= 0.3 is 0 Å². The highest BCUT2D eigenvalue weighted by molar-refractivity contribution is 5.75. The van der Waals surface area contributed by atoms with Gasteiger partial charge in [-0.05, 0) is 12.1 Å². The molecule has 0 bridgehead atoms. The molecule has 1 rings (SSSR count). The first kappa shape index (κ1) is 8.39. The van der Waals surface area contributed by atoms with Gasteiger partial charge in [0.25, 0.3) is 0 Å². The van der Waals surface area contributed by atoms with Crippen molar-refractivity contribution in [2.24, 2.45) is 0 Å². The number of methoxy groups -OCH3 is 1.